The van der Waals surface area contributed by atoms with E-state index in [1.165, 1.54) is 19.3 Å². The molecule has 1 aromatic rings. The number of hydrogen-bond donors (Lipinski definition) is 1. The Labute approximate surface area is 122 Å². The third-order valence-electron chi connectivity index (χ3n) is 3.70. The quantitative estimate of drug-likeness (QED) is 0.736. The first-order valence-corrected chi connectivity index (χ1v) is 7.45. The number of carbonyl (C=O) groups is 1. The average Bonchev–Trinajstić information content (AvgIpc) is 2.46. The van der Waals surface area contributed by atoms with Crippen molar-refractivity contribution in [3.63, 3.8) is 0 Å². The number of nitrogens with one attached hydrogen (secondary N) is 1. The predicted octanol–water partition coefficient (Wildman–Crippen LogP) is 3.67. The zero-order chi connectivity index (χ0) is 15.0. The minimum Gasteiger partial charge on any atom is -0.497 e. The van der Waals surface area contributed by atoms with Gasteiger partial charge in [0.2, 0.25) is 5.91 Å². The molecule has 0 radical (unpaired) electrons. The maximum Gasteiger partial charge on any atom is 0.230 e. The summed E-state index contributed by atoms with van der Waals surface area (Å²) >= 11 is 0. The van der Waals surface area contributed by atoms with Crippen LogP contribution in [0.4, 0.5) is 0 Å². The summed E-state index contributed by atoms with van der Waals surface area (Å²) in [4.78, 5) is 12.3. The summed E-state index contributed by atoms with van der Waals surface area (Å²) in [6.07, 6.45) is 4.68. The van der Waals surface area contributed by atoms with Crippen LogP contribution in [-0.4, -0.2) is 19.6 Å². The highest BCUT2D eigenvalue weighted by molar-refractivity contribution is 5.87. The summed E-state index contributed by atoms with van der Waals surface area (Å²) in [5.74, 6) is 0.892. The molecule has 0 aromatic heterocycles. The molecule has 0 heterocycles. The van der Waals surface area contributed by atoms with E-state index >= 15 is 0 Å². The van der Waals surface area contributed by atoms with Gasteiger partial charge in [-0.3, -0.25) is 4.79 Å². The number of rotatable bonds is 8. The van der Waals surface area contributed by atoms with E-state index < -0.39 is 5.41 Å². The molecule has 0 bridgehead atoms. The van der Waals surface area contributed by atoms with Crippen LogP contribution < -0.4 is 10.1 Å². The molecule has 3 heteroatoms. The Hall–Kier alpha value is -1.51. The maximum absolute atomic E-state index is 12.3. The fourth-order valence-corrected chi connectivity index (χ4v) is 2.11. The van der Waals surface area contributed by atoms with Crippen molar-refractivity contribution in [2.75, 3.05) is 13.7 Å². The lowest BCUT2D eigenvalue weighted by Gasteiger charge is -2.24. The van der Waals surface area contributed by atoms with Crippen LogP contribution in [-0.2, 0) is 10.2 Å². The van der Waals surface area contributed by atoms with E-state index in [4.69, 9.17) is 4.74 Å². The van der Waals surface area contributed by atoms with Crippen LogP contribution in [0.25, 0.3) is 0 Å². The molecule has 0 spiro atoms. The van der Waals surface area contributed by atoms with Crippen molar-refractivity contribution in [3.05, 3.63) is 29.8 Å². The molecule has 3 nitrogen and oxygen atoms in total. The van der Waals surface area contributed by atoms with Crippen LogP contribution in [0.1, 0.15) is 52.0 Å². The molecule has 112 valence electrons. The molecule has 0 saturated heterocycles. The number of carbonyl (C=O) groups excluding carboxylic acids is 1. The SMILES string of the molecule is CCCCCCNC(=O)C(C)(C)c1ccc(OC)cc1. The molecule has 0 aliphatic carbocycles. The molecule has 0 unspecified atom stereocenters. The second kappa shape index (κ2) is 7.93. The van der Waals surface area contributed by atoms with E-state index in [9.17, 15) is 4.79 Å². The number of hydrogen-bond acceptors (Lipinski definition) is 2. The van der Waals surface area contributed by atoms with Gasteiger partial charge in [-0.25, -0.2) is 0 Å². The van der Waals surface area contributed by atoms with Crippen LogP contribution in [0.5, 0.6) is 5.75 Å². The second-order valence-electron chi connectivity index (χ2n) is 5.67. The molecule has 0 saturated carbocycles. The summed E-state index contributed by atoms with van der Waals surface area (Å²) in [7, 11) is 1.64. The summed E-state index contributed by atoms with van der Waals surface area (Å²) in [6, 6.07) is 7.70. The van der Waals surface area contributed by atoms with Crippen LogP contribution in [0.15, 0.2) is 24.3 Å². The molecule has 1 aromatic carbocycles. The number of unbranched alkanes of at least 4 members (excludes halogenated alkanes) is 3. The van der Waals surface area contributed by atoms with Crippen molar-refractivity contribution < 1.29 is 9.53 Å². The molecule has 0 aliphatic rings. The van der Waals surface area contributed by atoms with Crippen molar-refractivity contribution >= 4 is 5.91 Å². The van der Waals surface area contributed by atoms with E-state index in [0.29, 0.717) is 0 Å². The van der Waals surface area contributed by atoms with E-state index in [1.54, 1.807) is 7.11 Å². The highest BCUT2D eigenvalue weighted by Crippen LogP contribution is 2.25. The summed E-state index contributed by atoms with van der Waals surface area (Å²) in [6.45, 7) is 6.86. The summed E-state index contributed by atoms with van der Waals surface area (Å²) < 4.78 is 5.14. The minimum absolute atomic E-state index is 0.0826. The molecular weight excluding hydrogens is 250 g/mol. The molecule has 0 aliphatic heterocycles. The summed E-state index contributed by atoms with van der Waals surface area (Å²) in [5, 5.41) is 3.04. The monoisotopic (exact) mass is 277 g/mol. The zero-order valence-corrected chi connectivity index (χ0v) is 13.2. The van der Waals surface area contributed by atoms with Gasteiger partial charge in [0.1, 0.15) is 5.75 Å². The van der Waals surface area contributed by atoms with E-state index in [2.05, 4.69) is 12.2 Å². The Kier molecular flexibility index (Phi) is 6.56. The van der Waals surface area contributed by atoms with Gasteiger partial charge in [0, 0.05) is 6.54 Å². The molecular formula is C17H27NO2. The van der Waals surface area contributed by atoms with Gasteiger partial charge in [0.25, 0.3) is 0 Å². The van der Waals surface area contributed by atoms with Crippen molar-refractivity contribution in [1.82, 2.24) is 5.32 Å². The van der Waals surface area contributed by atoms with E-state index in [0.717, 1.165) is 24.3 Å². The van der Waals surface area contributed by atoms with Crippen molar-refractivity contribution in [3.8, 4) is 5.75 Å². The molecule has 20 heavy (non-hydrogen) atoms. The number of methoxy groups -OCH3 is 1. The van der Waals surface area contributed by atoms with E-state index in [-0.39, 0.29) is 5.91 Å². The number of ether oxygens (including phenoxy) is 1. The van der Waals surface area contributed by atoms with Gasteiger partial charge in [0.15, 0.2) is 0 Å². The average molecular weight is 277 g/mol. The molecule has 1 rings (SSSR count). The molecule has 1 N–H and O–H groups in total. The van der Waals surface area contributed by atoms with Crippen LogP contribution >= 0.6 is 0 Å². The first-order chi connectivity index (χ1) is 9.52. The highest BCUT2D eigenvalue weighted by atomic mass is 16.5. The Balaban J connectivity index is 2.55. The lowest BCUT2D eigenvalue weighted by atomic mass is 9.83. The number of benzene rings is 1. The highest BCUT2D eigenvalue weighted by Gasteiger charge is 2.29. The van der Waals surface area contributed by atoms with Crippen LogP contribution in [0.3, 0.4) is 0 Å². The van der Waals surface area contributed by atoms with Gasteiger partial charge < -0.3 is 10.1 Å². The van der Waals surface area contributed by atoms with Crippen LogP contribution in [0, 0.1) is 0 Å². The molecule has 1 amide bonds. The lowest BCUT2D eigenvalue weighted by Crippen LogP contribution is -2.40. The first-order valence-electron chi connectivity index (χ1n) is 7.45. The van der Waals surface area contributed by atoms with Crippen molar-refractivity contribution in [1.29, 1.82) is 0 Å². The minimum atomic E-state index is -0.517. The van der Waals surface area contributed by atoms with Gasteiger partial charge in [-0.05, 0) is 38.0 Å². The largest absolute Gasteiger partial charge is 0.497 e. The molecule has 0 atom stereocenters. The fourth-order valence-electron chi connectivity index (χ4n) is 2.11. The van der Waals surface area contributed by atoms with Crippen molar-refractivity contribution in [2.45, 2.75) is 51.9 Å². The zero-order valence-electron chi connectivity index (χ0n) is 13.2. The second-order valence-corrected chi connectivity index (χ2v) is 5.67. The topological polar surface area (TPSA) is 38.3 Å². The van der Waals surface area contributed by atoms with E-state index in [1.807, 2.05) is 38.1 Å². The van der Waals surface area contributed by atoms with Gasteiger partial charge in [-0.15, -0.1) is 0 Å². The predicted molar refractivity (Wildman–Crippen MR) is 83.2 cm³/mol. The maximum atomic E-state index is 12.3. The van der Waals surface area contributed by atoms with Gasteiger partial charge in [0.05, 0.1) is 12.5 Å². The Bertz CT molecular complexity index is 410. The summed E-state index contributed by atoms with van der Waals surface area (Å²) in [5.41, 5.74) is 0.487. The van der Waals surface area contributed by atoms with Crippen LogP contribution in [0.2, 0.25) is 0 Å². The Morgan fingerprint density at radius 1 is 1.15 bits per heavy atom. The van der Waals surface area contributed by atoms with Crippen molar-refractivity contribution in [2.24, 2.45) is 0 Å². The first kappa shape index (κ1) is 16.5. The third-order valence-corrected chi connectivity index (χ3v) is 3.70. The smallest absolute Gasteiger partial charge is 0.230 e. The standard InChI is InChI=1S/C17H27NO2/c1-5-6-7-8-13-18-16(19)17(2,3)14-9-11-15(20-4)12-10-14/h9-12H,5-8,13H2,1-4H3,(H,18,19). The van der Waals surface area contributed by atoms with Gasteiger partial charge >= 0.3 is 0 Å². The van der Waals surface area contributed by atoms with Gasteiger partial charge in [-0.2, -0.15) is 0 Å². The van der Waals surface area contributed by atoms with Gasteiger partial charge in [-0.1, -0.05) is 38.3 Å². The lowest BCUT2D eigenvalue weighted by molar-refractivity contribution is -0.125. The number of amides is 1. The Morgan fingerprint density at radius 2 is 1.80 bits per heavy atom. The Morgan fingerprint density at radius 3 is 2.35 bits per heavy atom. The molecule has 0 fully saturated rings. The third kappa shape index (κ3) is 4.55. The fraction of sp³-hybridized carbons (Fsp3) is 0.588. The normalized spacial score (nSPS) is 11.2.